The van der Waals surface area contributed by atoms with Crippen molar-refractivity contribution in [1.82, 2.24) is 0 Å². The van der Waals surface area contributed by atoms with Crippen molar-refractivity contribution in [1.29, 1.82) is 0 Å². The molecule has 3 heteroatoms. The largest absolute Gasteiger partial charge is 0.481 e. The molecule has 1 aromatic rings. The molecule has 92 valence electrons. The zero-order chi connectivity index (χ0) is 12.1. The van der Waals surface area contributed by atoms with Gasteiger partial charge in [-0.2, -0.15) is 0 Å². The van der Waals surface area contributed by atoms with Crippen LogP contribution < -0.4 is 0 Å². The van der Waals surface area contributed by atoms with E-state index in [2.05, 4.69) is 0 Å². The molecule has 17 heavy (non-hydrogen) atoms. The first-order valence-electron chi connectivity index (χ1n) is 6.14. The zero-order valence-corrected chi connectivity index (χ0v) is 9.84. The average Bonchev–Trinajstić information content (AvgIpc) is 2.38. The summed E-state index contributed by atoms with van der Waals surface area (Å²) in [5.41, 5.74) is 1.14. The van der Waals surface area contributed by atoms with Crippen molar-refractivity contribution in [3.63, 3.8) is 0 Å². The van der Waals surface area contributed by atoms with Gasteiger partial charge in [-0.3, -0.25) is 4.79 Å². The minimum absolute atomic E-state index is 0.102. The molecule has 0 saturated heterocycles. The number of carboxylic acids is 1. The highest BCUT2D eigenvalue weighted by Crippen LogP contribution is 2.27. The SMILES string of the molecule is O=C(O)C1CCCC(OCc2ccccc2)C1. The van der Waals surface area contributed by atoms with Crippen LogP contribution in [0.1, 0.15) is 31.2 Å². The van der Waals surface area contributed by atoms with Crippen LogP contribution in [0.15, 0.2) is 30.3 Å². The Morgan fingerprint density at radius 1 is 1.29 bits per heavy atom. The highest BCUT2D eigenvalue weighted by atomic mass is 16.5. The van der Waals surface area contributed by atoms with Crippen LogP contribution >= 0.6 is 0 Å². The van der Waals surface area contributed by atoms with Gasteiger partial charge in [0.25, 0.3) is 0 Å². The van der Waals surface area contributed by atoms with Gasteiger partial charge in [-0.1, -0.05) is 36.8 Å². The van der Waals surface area contributed by atoms with E-state index in [0.717, 1.165) is 24.8 Å². The predicted molar refractivity (Wildman–Crippen MR) is 64.6 cm³/mol. The Kier molecular flexibility index (Phi) is 4.15. The molecule has 0 bridgehead atoms. The molecule has 2 rings (SSSR count). The van der Waals surface area contributed by atoms with E-state index in [1.54, 1.807) is 0 Å². The van der Waals surface area contributed by atoms with Gasteiger partial charge < -0.3 is 9.84 Å². The second-order valence-electron chi connectivity index (χ2n) is 4.62. The predicted octanol–water partition coefficient (Wildman–Crippen LogP) is 2.85. The fraction of sp³-hybridized carbons (Fsp3) is 0.500. The first-order chi connectivity index (χ1) is 8.25. The minimum Gasteiger partial charge on any atom is -0.481 e. The number of carbonyl (C=O) groups is 1. The molecule has 0 spiro atoms. The third-order valence-electron chi connectivity index (χ3n) is 3.30. The van der Waals surface area contributed by atoms with Crippen LogP contribution in [0, 0.1) is 5.92 Å². The third-order valence-corrected chi connectivity index (χ3v) is 3.30. The monoisotopic (exact) mass is 234 g/mol. The average molecular weight is 234 g/mol. The number of ether oxygens (including phenoxy) is 1. The Bertz CT molecular complexity index is 361. The maximum atomic E-state index is 10.9. The van der Waals surface area contributed by atoms with Crippen LogP contribution in [0.25, 0.3) is 0 Å². The van der Waals surface area contributed by atoms with Crippen LogP contribution in [0.5, 0.6) is 0 Å². The Balaban J connectivity index is 1.81. The maximum Gasteiger partial charge on any atom is 0.306 e. The van der Waals surface area contributed by atoms with Gasteiger partial charge >= 0.3 is 5.97 Å². The van der Waals surface area contributed by atoms with Gasteiger partial charge in [0.1, 0.15) is 0 Å². The van der Waals surface area contributed by atoms with Crippen molar-refractivity contribution in [3.05, 3.63) is 35.9 Å². The number of benzene rings is 1. The van der Waals surface area contributed by atoms with E-state index in [0.29, 0.717) is 13.0 Å². The van der Waals surface area contributed by atoms with E-state index in [9.17, 15) is 4.79 Å². The summed E-state index contributed by atoms with van der Waals surface area (Å²) < 4.78 is 5.79. The summed E-state index contributed by atoms with van der Waals surface area (Å²) in [6.45, 7) is 0.581. The van der Waals surface area contributed by atoms with Crippen LogP contribution in [-0.4, -0.2) is 17.2 Å². The van der Waals surface area contributed by atoms with Gasteiger partial charge in [0.2, 0.25) is 0 Å². The van der Waals surface area contributed by atoms with E-state index < -0.39 is 5.97 Å². The molecule has 1 N–H and O–H groups in total. The summed E-state index contributed by atoms with van der Waals surface area (Å²) in [5, 5.41) is 8.99. The standard InChI is InChI=1S/C14H18O3/c15-14(16)12-7-4-8-13(9-12)17-10-11-5-2-1-3-6-11/h1-3,5-6,12-13H,4,7-10H2,(H,15,16). The van der Waals surface area contributed by atoms with Crippen molar-refractivity contribution < 1.29 is 14.6 Å². The molecule has 2 atom stereocenters. The number of carboxylic acid groups (broad SMARTS) is 1. The molecule has 1 aliphatic carbocycles. The van der Waals surface area contributed by atoms with Gasteiger partial charge in [-0.05, 0) is 24.8 Å². The molecule has 1 saturated carbocycles. The Hall–Kier alpha value is -1.35. The summed E-state index contributed by atoms with van der Waals surface area (Å²) in [5.74, 6) is -0.900. The summed E-state index contributed by atoms with van der Waals surface area (Å²) in [6.07, 6.45) is 3.49. The first-order valence-corrected chi connectivity index (χ1v) is 6.14. The third kappa shape index (κ3) is 3.56. The molecule has 2 unspecified atom stereocenters. The van der Waals surface area contributed by atoms with Crippen LogP contribution in [0.4, 0.5) is 0 Å². The fourth-order valence-corrected chi connectivity index (χ4v) is 2.31. The Morgan fingerprint density at radius 2 is 2.06 bits per heavy atom. The number of hydrogen-bond acceptors (Lipinski definition) is 2. The van der Waals surface area contributed by atoms with Gasteiger partial charge in [0, 0.05) is 0 Å². The normalized spacial score (nSPS) is 24.5. The smallest absolute Gasteiger partial charge is 0.306 e. The molecule has 1 fully saturated rings. The van der Waals surface area contributed by atoms with Crippen molar-refractivity contribution in [2.24, 2.45) is 5.92 Å². The topological polar surface area (TPSA) is 46.5 Å². The van der Waals surface area contributed by atoms with Crippen molar-refractivity contribution in [2.45, 2.75) is 38.4 Å². The lowest BCUT2D eigenvalue weighted by Gasteiger charge is -2.26. The fourth-order valence-electron chi connectivity index (χ4n) is 2.31. The lowest BCUT2D eigenvalue weighted by atomic mass is 9.87. The molecule has 1 aromatic carbocycles. The maximum absolute atomic E-state index is 10.9. The lowest BCUT2D eigenvalue weighted by molar-refractivity contribution is -0.145. The second-order valence-corrected chi connectivity index (χ2v) is 4.62. The van der Waals surface area contributed by atoms with E-state index in [-0.39, 0.29) is 12.0 Å². The van der Waals surface area contributed by atoms with E-state index in [1.807, 2.05) is 30.3 Å². The molecular weight excluding hydrogens is 216 g/mol. The van der Waals surface area contributed by atoms with Gasteiger partial charge in [0.15, 0.2) is 0 Å². The number of aliphatic carboxylic acids is 1. The van der Waals surface area contributed by atoms with E-state index in [1.165, 1.54) is 0 Å². The molecule has 0 amide bonds. The van der Waals surface area contributed by atoms with Gasteiger partial charge in [-0.15, -0.1) is 0 Å². The second kappa shape index (κ2) is 5.82. The minimum atomic E-state index is -0.682. The molecule has 0 aliphatic heterocycles. The van der Waals surface area contributed by atoms with Crippen molar-refractivity contribution >= 4 is 5.97 Å². The number of rotatable bonds is 4. The summed E-state index contributed by atoms with van der Waals surface area (Å²) in [4.78, 5) is 10.9. The Labute approximate surface area is 101 Å². The van der Waals surface area contributed by atoms with Gasteiger partial charge in [-0.25, -0.2) is 0 Å². The molecule has 0 aromatic heterocycles. The molecular formula is C14H18O3. The number of hydrogen-bond donors (Lipinski definition) is 1. The summed E-state index contributed by atoms with van der Waals surface area (Å²) in [6, 6.07) is 10.00. The lowest BCUT2D eigenvalue weighted by Crippen LogP contribution is -2.27. The molecule has 3 nitrogen and oxygen atoms in total. The molecule has 0 heterocycles. The summed E-state index contributed by atoms with van der Waals surface area (Å²) in [7, 11) is 0. The van der Waals surface area contributed by atoms with Crippen LogP contribution in [0.2, 0.25) is 0 Å². The zero-order valence-electron chi connectivity index (χ0n) is 9.84. The van der Waals surface area contributed by atoms with Gasteiger partial charge in [0.05, 0.1) is 18.6 Å². The Morgan fingerprint density at radius 3 is 2.76 bits per heavy atom. The van der Waals surface area contributed by atoms with Crippen LogP contribution in [-0.2, 0) is 16.1 Å². The van der Waals surface area contributed by atoms with E-state index >= 15 is 0 Å². The van der Waals surface area contributed by atoms with Crippen LogP contribution in [0.3, 0.4) is 0 Å². The highest BCUT2D eigenvalue weighted by molar-refractivity contribution is 5.70. The highest BCUT2D eigenvalue weighted by Gasteiger charge is 2.27. The van der Waals surface area contributed by atoms with Crippen molar-refractivity contribution in [3.8, 4) is 0 Å². The summed E-state index contributed by atoms with van der Waals surface area (Å²) >= 11 is 0. The van der Waals surface area contributed by atoms with E-state index in [4.69, 9.17) is 9.84 Å². The quantitative estimate of drug-likeness (QED) is 0.871. The first kappa shape index (κ1) is 12.1. The molecule has 0 radical (unpaired) electrons. The molecule has 1 aliphatic rings. The van der Waals surface area contributed by atoms with Crippen molar-refractivity contribution in [2.75, 3.05) is 0 Å².